The van der Waals surface area contributed by atoms with Gasteiger partial charge in [0.15, 0.2) is 5.82 Å². The van der Waals surface area contributed by atoms with E-state index in [0.29, 0.717) is 5.69 Å². The number of anilines is 1. The van der Waals surface area contributed by atoms with Crippen LogP contribution in [0.1, 0.15) is 33.6 Å². The van der Waals surface area contributed by atoms with Gasteiger partial charge in [-0.05, 0) is 45.7 Å². The minimum absolute atomic E-state index is 0.0552. The maximum atomic E-state index is 13.7. The van der Waals surface area contributed by atoms with Crippen molar-refractivity contribution < 1.29 is 13.9 Å². The van der Waals surface area contributed by atoms with E-state index in [4.69, 9.17) is 16.3 Å². The molecular formula is C15H20ClFN2O2. The van der Waals surface area contributed by atoms with Crippen molar-refractivity contribution in [3.8, 4) is 0 Å². The molecular weight excluding hydrogens is 295 g/mol. The summed E-state index contributed by atoms with van der Waals surface area (Å²) in [6.45, 7) is 5.46. The molecule has 0 bridgehead atoms. The molecule has 6 heteroatoms. The molecule has 1 fully saturated rings. The van der Waals surface area contributed by atoms with Gasteiger partial charge in [0.05, 0.1) is 10.7 Å². The number of ether oxygens (including phenoxy) is 1. The predicted octanol–water partition coefficient (Wildman–Crippen LogP) is 3.95. The Morgan fingerprint density at radius 1 is 1.33 bits per heavy atom. The fourth-order valence-corrected chi connectivity index (χ4v) is 2.34. The summed E-state index contributed by atoms with van der Waals surface area (Å²) in [5.74, 6) is -0.442. The van der Waals surface area contributed by atoms with Crippen molar-refractivity contribution in [2.45, 2.75) is 51.3 Å². The van der Waals surface area contributed by atoms with Crippen LogP contribution in [0.3, 0.4) is 0 Å². The first-order valence-corrected chi connectivity index (χ1v) is 7.32. The normalized spacial score (nSPS) is 21.4. The first-order chi connectivity index (χ1) is 9.74. The highest BCUT2D eigenvalue weighted by Gasteiger charge is 2.32. The van der Waals surface area contributed by atoms with Gasteiger partial charge in [0.2, 0.25) is 0 Å². The van der Waals surface area contributed by atoms with Crippen LogP contribution < -0.4 is 10.6 Å². The van der Waals surface area contributed by atoms with E-state index in [2.05, 4.69) is 10.6 Å². The Morgan fingerprint density at radius 3 is 2.62 bits per heavy atom. The van der Waals surface area contributed by atoms with Crippen LogP contribution in [0.15, 0.2) is 18.2 Å². The molecule has 0 aliphatic heterocycles. The van der Waals surface area contributed by atoms with Crippen LogP contribution in [0.25, 0.3) is 0 Å². The minimum atomic E-state index is -0.505. The summed E-state index contributed by atoms with van der Waals surface area (Å²) in [4.78, 5) is 11.6. The van der Waals surface area contributed by atoms with Crippen molar-refractivity contribution in [2.24, 2.45) is 0 Å². The van der Waals surface area contributed by atoms with Gasteiger partial charge in [-0.3, -0.25) is 0 Å². The van der Waals surface area contributed by atoms with E-state index in [0.717, 1.165) is 12.8 Å². The summed E-state index contributed by atoms with van der Waals surface area (Å²) in [6.07, 6.45) is 1.04. The highest BCUT2D eigenvalue weighted by molar-refractivity contribution is 6.31. The molecule has 0 aromatic heterocycles. The van der Waals surface area contributed by atoms with E-state index >= 15 is 0 Å². The third-order valence-corrected chi connectivity index (χ3v) is 3.46. The van der Waals surface area contributed by atoms with Gasteiger partial charge in [-0.1, -0.05) is 17.7 Å². The number of hydrogen-bond acceptors (Lipinski definition) is 3. The molecule has 1 saturated carbocycles. The quantitative estimate of drug-likeness (QED) is 0.888. The standard InChI is InChI=1S/C15H20ClFN2O2/c1-15(2,3)21-14(20)19-10-7-9(8-10)18-12-6-4-5-11(16)13(12)17/h4-6,9-10,18H,7-8H2,1-3H3,(H,19,20). The van der Waals surface area contributed by atoms with Gasteiger partial charge in [-0.25, -0.2) is 9.18 Å². The lowest BCUT2D eigenvalue weighted by Gasteiger charge is -2.37. The maximum absolute atomic E-state index is 13.7. The Kier molecular flexibility index (Phi) is 4.61. The first kappa shape index (κ1) is 15.9. The van der Waals surface area contributed by atoms with Gasteiger partial charge in [0.25, 0.3) is 0 Å². The highest BCUT2D eigenvalue weighted by atomic mass is 35.5. The smallest absolute Gasteiger partial charge is 0.407 e. The molecule has 0 atom stereocenters. The number of hydrogen-bond donors (Lipinski definition) is 2. The van der Waals surface area contributed by atoms with E-state index in [-0.39, 0.29) is 17.1 Å². The molecule has 4 nitrogen and oxygen atoms in total. The van der Waals surface area contributed by atoms with Crippen LogP contribution in [0, 0.1) is 5.82 Å². The topological polar surface area (TPSA) is 50.4 Å². The van der Waals surface area contributed by atoms with Crippen LogP contribution >= 0.6 is 11.6 Å². The third-order valence-electron chi connectivity index (χ3n) is 3.17. The number of halogens is 2. The molecule has 1 aliphatic rings. The Morgan fingerprint density at radius 2 is 2.00 bits per heavy atom. The number of alkyl carbamates (subject to hydrolysis) is 1. The molecule has 0 unspecified atom stereocenters. The van der Waals surface area contributed by atoms with Gasteiger partial charge in [0, 0.05) is 12.1 Å². The number of amides is 1. The number of nitrogens with one attached hydrogen (secondary N) is 2. The summed E-state index contributed by atoms with van der Waals surface area (Å²) < 4.78 is 18.9. The molecule has 1 aromatic carbocycles. The van der Waals surface area contributed by atoms with Gasteiger partial charge in [-0.15, -0.1) is 0 Å². The summed E-state index contributed by atoms with van der Waals surface area (Å²) >= 11 is 5.73. The molecule has 1 amide bonds. The monoisotopic (exact) mass is 314 g/mol. The average Bonchev–Trinajstić information content (AvgIpc) is 2.29. The number of benzene rings is 1. The predicted molar refractivity (Wildman–Crippen MR) is 81.2 cm³/mol. The molecule has 1 aliphatic carbocycles. The molecule has 21 heavy (non-hydrogen) atoms. The van der Waals surface area contributed by atoms with E-state index < -0.39 is 17.5 Å². The van der Waals surface area contributed by atoms with Gasteiger partial charge in [-0.2, -0.15) is 0 Å². The number of carbonyl (C=O) groups excluding carboxylic acids is 1. The first-order valence-electron chi connectivity index (χ1n) is 6.94. The Balaban J connectivity index is 1.77. The van der Waals surface area contributed by atoms with E-state index in [1.165, 1.54) is 6.07 Å². The largest absolute Gasteiger partial charge is 0.444 e. The van der Waals surface area contributed by atoms with Crippen LogP contribution in [0.5, 0.6) is 0 Å². The van der Waals surface area contributed by atoms with Crippen molar-refractivity contribution in [1.29, 1.82) is 0 Å². The molecule has 1 aromatic rings. The van der Waals surface area contributed by atoms with Gasteiger partial charge in [0.1, 0.15) is 5.60 Å². The molecule has 2 rings (SSSR count). The fraction of sp³-hybridized carbons (Fsp3) is 0.533. The summed E-state index contributed by atoms with van der Waals surface area (Å²) in [6, 6.07) is 5.03. The minimum Gasteiger partial charge on any atom is -0.444 e. The zero-order chi connectivity index (χ0) is 15.6. The molecule has 0 spiro atoms. The third kappa shape index (κ3) is 4.49. The van der Waals surface area contributed by atoms with Crippen molar-refractivity contribution in [3.63, 3.8) is 0 Å². The molecule has 116 valence electrons. The fourth-order valence-electron chi connectivity index (χ4n) is 2.16. The van der Waals surface area contributed by atoms with Crippen molar-refractivity contribution in [1.82, 2.24) is 5.32 Å². The Labute approximate surface area is 129 Å². The number of carbonyl (C=O) groups is 1. The van der Waals surface area contributed by atoms with Crippen molar-refractivity contribution in [3.05, 3.63) is 29.0 Å². The van der Waals surface area contributed by atoms with Crippen LogP contribution in [0.4, 0.5) is 14.9 Å². The Hall–Kier alpha value is -1.49. The van der Waals surface area contributed by atoms with E-state index in [1.54, 1.807) is 12.1 Å². The second-order valence-corrected chi connectivity index (χ2v) is 6.66. The zero-order valence-corrected chi connectivity index (χ0v) is 13.1. The lowest BCUT2D eigenvalue weighted by atomic mass is 9.86. The molecule has 0 heterocycles. The lowest BCUT2D eigenvalue weighted by Crippen LogP contribution is -2.50. The Bertz CT molecular complexity index is 525. The zero-order valence-electron chi connectivity index (χ0n) is 12.4. The molecule has 0 radical (unpaired) electrons. The SMILES string of the molecule is CC(C)(C)OC(=O)NC1CC(Nc2cccc(Cl)c2F)C1. The highest BCUT2D eigenvalue weighted by Crippen LogP contribution is 2.28. The second kappa shape index (κ2) is 6.10. The van der Waals surface area contributed by atoms with Crippen LogP contribution in [0.2, 0.25) is 5.02 Å². The van der Waals surface area contributed by atoms with Crippen LogP contribution in [-0.2, 0) is 4.74 Å². The van der Waals surface area contributed by atoms with Crippen molar-refractivity contribution >= 4 is 23.4 Å². The molecule has 2 N–H and O–H groups in total. The van der Waals surface area contributed by atoms with E-state index in [1.807, 2.05) is 20.8 Å². The van der Waals surface area contributed by atoms with Crippen LogP contribution in [-0.4, -0.2) is 23.8 Å². The second-order valence-electron chi connectivity index (χ2n) is 6.26. The summed E-state index contributed by atoms with van der Waals surface area (Å²) in [5.41, 5.74) is -0.113. The van der Waals surface area contributed by atoms with E-state index in [9.17, 15) is 9.18 Å². The lowest BCUT2D eigenvalue weighted by molar-refractivity contribution is 0.0475. The van der Waals surface area contributed by atoms with Gasteiger partial charge < -0.3 is 15.4 Å². The molecule has 0 saturated heterocycles. The van der Waals surface area contributed by atoms with Gasteiger partial charge >= 0.3 is 6.09 Å². The van der Waals surface area contributed by atoms with Crippen molar-refractivity contribution in [2.75, 3.05) is 5.32 Å². The number of rotatable bonds is 3. The average molecular weight is 315 g/mol. The summed E-state index contributed by atoms with van der Waals surface area (Å²) in [7, 11) is 0. The summed E-state index contributed by atoms with van der Waals surface area (Å²) in [5, 5.41) is 5.98. The maximum Gasteiger partial charge on any atom is 0.407 e.